The molecule has 1 saturated heterocycles. The standard InChI is InChI=1S/C17H31N5O2/c1-17(2,3)20-16(24)18-8-11-21-9-5-14(6-10-21)15-4-7-19-22(15)12-13-23/h4,7,14,23H,5-6,8-13H2,1-3H3,(H2,18,20,24). The zero-order chi connectivity index (χ0) is 17.6. The molecule has 0 bridgehead atoms. The van der Waals surface area contributed by atoms with Crippen LogP contribution < -0.4 is 10.6 Å². The van der Waals surface area contributed by atoms with Crippen LogP contribution in [0, 0.1) is 0 Å². The predicted octanol–water partition coefficient (Wildman–Crippen LogP) is 1.15. The van der Waals surface area contributed by atoms with Gasteiger partial charge in [-0.1, -0.05) is 0 Å². The molecule has 24 heavy (non-hydrogen) atoms. The molecule has 7 nitrogen and oxygen atoms in total. The summed E-state index contributed by atoms with van der Waals surface area (Å²) in [6.07, 6.45) is 3.99. The lowest BCUT2D eigenvalue weighted by Gasteiger charge is -2.32. The molecule has 7 heteroatoms. The molecule has 0 radical (unpaired) electrons. The minimum Gasteiger partial charge on any atom is -0.394 e. The lowest BCUT2D eigenvalue weighted by atomic mass is 9.93. The third-order valence-corrected chi connectivity index (χ3v) is 4.27. The Morgan fingerprint density at radius 2 is 2.04 bits per heavy atom. The number of carbonyl (C=O) groups excluding carboxylic acids is 1. The first-order chi connectivity index (χ1) is 11.4. The fraction of sp³-hybridized carbons (Fsp3) is 0.765. The van der Waals surface area contributed by atoms with Gasteiger partial charge in [0, 0.05) is 36.4 Å². The summed E-state index contributed by atoms with van der Waals surface area (Å²) in [6.45, 7) is 10.2. The van der Waals surface area contributed by atoms with Crippen LogP contribution in [-0.2, 0) is 6.54 Å². The molecule has 0 unspecified atom stereocenters. The van der Waals surface area contributed by atoms with Crippen molar-refractivity contribution in [2.45, 2.75) is 51.6 Å². The molecule has 2 amide bonds. The van der Waals surface area contributed by atoms with Crippen LogP contribution in [0.2, 0.25) is 0 Å². The number of piperidine rings is 1. The van der Waals surface area contributed by atoms with Gasteiger partial charge < -0.3 is 20.6 Å². The minimum absolute atomic E-state index is 0.106. The molecule has 0 aliphatic carbocycles. The number of aliphatic hydroxyl groups is 1. The van der Waals surface area contributed by atoms with Gasteiger partial charge in [-0.05, 0) is 52.8 Å². The summed E-state index contributed by atoms with van der Waals surface area (Å²) in [4.78, 5) is 14.1. The maximum Gasteiger partial charge on any atom is 0.315 e. The molecule has 136 valence electrons. The molecule has 0 aromatic carbocycles. The molecule has 1 aliphatic heterocycles. The minimum atomic E-state index is -0.208. The van der Waals surface area contributed by atoms with E-state index in [1.165, 1.54) is 5.69 Å². The normalized spacial score (nSPS) is 17.0. The van der Waals surface area contributed by atoms with Crippen LogP contribution in [-0.4, -0.2) is 64.1 Å². The molecule has 1 fully saturated rings. The van der Waals surface area contributed by atoms with Gasteiger partial charge >= 0.3 is 6.03 Å². The monoisotopic (exact) mass is 337 g/mol. The Bertz CT molecular complexity index is 515. The van der Waals surface area contributed by atoms with Gasteiger partial charge in [-0.15, -0.1) is 0 Å². The van der Waals surface area contributed by atoms with E-state index in [0.717, 1.165) is 32.5 Å². The van der Waals surface area contributed by atoms with E-state index in [1.54, 1.807) is 0 Å². The van der Waals surface area contributed by atoms with Gasteiger partial charge in [-0.25, -0.2) is 4.79 Å². The third kappa shape index (κ3) is 5.79. The lowest BCUT2D eigenvalue weighted by Crippen LogP contribution is -2.48. The molecular formula is C17H31N5O2. The van der Waals surface area contributed by atoms with Crippen molar-refractivity contribution in [1.29, 1.82) is 0 Å². The van der Waals surface area contributed by atoms with E-state index in [9.17, 15) is 4.79 Å². The number of hydrogen-bond donors (Lipinski definition) is 3. The van der Waals surface area contributed by atoms with Crippen molar-refractivity contribution >= 4 is 6.03 Å². The van der Waals surface area contributed by atoms with Crippen molar-refractivity contribution in [2.24, 2.45) is 0 Å². The maximum absolute atomic E-state index is 11.7. The van der Waals surface area contributed by atoms with Gasteiger partial charge in [0.25, 0.3) is 0 Å². The first-order valence-corrected chi connectivity index (χ1v) is 8.80. The second kappa shape index (κ2) is 8.48. The Morgan fingerprint density at radius 1 is 1.33 bits per heavy atom. The topological polar surface area (TPSA) is 82.4 Å². The van der Waals surface area contributed by atoms with Crippen molar-refractivity contribution in [1.82, 2.24) is 25.3 Å². The van der Waals surface area contributed by atoms with Crippen LogP contribution in [0.4, 0.5) is 4.79 Å². The number of nitrogens with one attached hydrogen (secondary N) is 2. The van der Waals surface area contributed by atoms with Crippen molar-refractivity contribution in [3.63, 3.8) is 0 Å². The van der Waals surface area contributed by atoms with Gasteiger partial charge in [0.15, 0.2) is 0 Å². The Balaban J connectivity index is 1.69. The van der Waals surface area contributed by atoms with Gasteiger partial charge in [-0.2, -0.15) is 5.10 Å². The highest BCUT2D eigenvalue weighted by Gasteiger charge is 2.23. The summed E-state index contributed by atoms with van der Waals surface area (Å²) in [5.41, 5.74) is 1.02. The molecule has 1 aromatic heterocycles. The molecule has 2 heterocycles. The van der Waals surface area contributed by atoms with E-state index in [-0.39, 0.29) is 18.2 Å². The number of aliphatic hydroxyl groups excluding tert-OH is 1. The molecule has 0 atom stereocenters. The summed E-state index contributed by atoms with van der Waals surface area (Å²) < 4.78 is 1.92. The number of likely N-dealkylation sites (tertiary alicyclic amines) is 1. The predicted molar refractivity (Wildman–Crippen MR) is 94.0 cm³/mol. The highest BCUT2D eigenvalue weighted by atomic mass is 16.3. The van der Waals surface area contributed by atoms with Crippen LogP contribution >= 0.6 is 0 Å². The number of urea groups is 1. The molecule has 1 aliphatic rings. The van der Waals surface area contributed by atoms with Gasteiger partial charge in [0.1, 0.15) is 0 Å². The lowest BCUT2D eigenvalue weighted by molar-refractivity contribution is 0.202. The van der Waals surface area contributed by atoms with Crippen molar-refractivity contribution in [2.75, 3.05) is 32.8 Å². The van der Waals surface area contributed by atoms with Gasteiger partial charge in [0.2, 0.25) is 0 Å². The molecule has 2 rings (SSSR count). The fourth-order valence-corrected chi connectivity index (χ4v) is 3.14. The van der Waals surface area contributed by atoms with E-state index in [1.807, 2.05) is 31.6 Å². The van der Waals surface area contributed by atoms with E-state index < -0.39 is 0 Å². The summed E-state index contributed by atoms with van der Waals surface area (Å²) in [6, 6.07) is 1.96. The van der Waals surface area contributed by atoms with Crippen LogP contribution in [0.25, 0.3) is 0 Å². The van der Waals surface area contributed by atoms with Crippen LogP contribution in [0.15, 0.2) is 12.3 Å². The average molecular weight is 337 g/mol. The zero-order valence-electron chi connectivity index (χ0n) is 15.1. The number of hydrogen-bond acceptors (Lipinski definition) is 4. The average Bonchev–Trinajstić information content (AvgIpc) is 2.95. The van der Waals surface area contributed by atoms with Crippen molar-refractivity contribution in [3.8, 4) is 0 Å². The Labute approximate surface area is 144 Å². The molecule has 1 aromatic rings. The van der Waals surface area contributed by atoms with E-state index in [0.29, 0.717) is 19.0 Å². The van der Waals surface area contributed by atoms with Crippen LogP contribution in [0.3, 0.4) is 0 Å². The largest absolute Gasteiger partial charge is 0.394 e. The Hall–Kier alpha value is -1.60. The number of aromatic nitrogens is 2. The SMILES string of the molecule is CC(C)(C)NC(=O)NCCN1CCC(c2ccnn2CCO)CC1. The summed E-state index contributed by atoms with van der Waals surface area (Å²) in [7, 11) is 0. The fourth-order valence-electron chi connectivity index (χ4n) is 3.14. The van der Waals surface area contributed by atoms with Crippen LogP contribution in [0.5, 0.6) is 0 Å². The molecular weight excluding hydrogens is 306 g/mol. The summed E-state index contributed by atoms with van der Waals surface area (Å²) in [5.74, 6) is 0.507. The maximum atomic E-state index is 11.7. The highest BCUT2D eigenvalue weighted by molar-refractivity contribution is 5.74. The van der Waals surface area contributed by atoms with Gasteiger partial charge in [0.05, 0.1) is 13.2 Å². The van der Waals surface area contributed by atoms with Gasteiger partial charge in [-0.3, -0.25) is 4.68 Å². The van der Waals surface area contributed by atoms with E-state index in [4.69, 9.17) is 5.11 Å². The molecule has 3 N–H and O–H groups in total. The number of carbonyl (C=O) groups is 1. The van der Waals surface area contributed by atoms with E-state index >= 15 is 0 Å². The summed E-state index contributed by atoms with van der Waals surface area (Å²) >= 11 is 0. The van der Waals surface area contributed by atoms with E-state index in [2.05, 4.69) is 26.7 Å². The first kappa shape index (κ1) is 18.7. The quantitative estimate of drug-likeness (QED) is 0.727. The first-order valence-electron chi connectivity index (χ1n) is 8.80. The van der Waals surface area contributed by atoms with Crippen molar-refractivity contribution < 1.29 is 9.90 Å². The smallest absolute Gasteiger partial charge is 0.315 e. The second-order valence-corrected chi connectivity index (χ2v) is 7.45. The van der Waals surface area contributed by atoms with Crippen LogP contribution in [0.1, 0.15) is 45.2 Å². The third-order valence-electron chi connectivity index (χ3n) is 4.27. The molecule has 0 spiro atoms. The summed E-state index contributed by atoms with van der Waals surface area (Å²) in [5, 5.41) is 19.2. The second-order valence-electron chi connectivity index (χ2n) is 7.45. The Morgan fingerprint density at radius 3 is 2.67 bits per heavy atom. The zero-order valence-corrected chi connectivity index (χ0v) is 15.1. The highest BCUT2D eigenvalue weighted by Crippen LogP contribution is 2.27. The van der Waals surface area contributed by atoms with Crippen molar-refractivity contribution in [3.05, 3.63) is 18.0 Å². The number of nitrogens with zero attached hydrogens (tertiary/aromatic N) is 3. The Kier molecular flexibility index (Phi) is 6.62. The number of rotatable bonds is 6. The number of amides is 2. The molecule has 0 saturated carbocycles.